The third-order valence-electron chi connectivity index (χ3n) is 2.54. The lowest BCUT2D eigenvalue weighted by Crippen LogP contribution is -2.11. The molecule has 0 aromatic heterocycles. The van der Waals surface area contributed by atoms with Crippen molar-refractivity contribution in [1.29, 1.82) is 0 Å². The molecule has 2 aromatic rings. The van der Waals surface area contributed by atoms with Crippen LogP contribution in [-0.2, 0) is 4.79 Å². The fourth-order valence-electron chi connectivity index (χ4n) is 1.55. The SMILES string of the molecule is O=C(CCSc1ccc(F)cc1)Nc1ccc(Cl)cc1. The van der Waals surface area contributed by atoms with E-state index in [1.54, 1.807) is 36.4 Å². The smallest absolute Gasteiger partial charge is 0.225 e. The number of halogens is 2. The largest absolute Gasteiger partial charge is 0.326 e. The van der Waals surface area contributed by atoms with Gasteiger partial charge in [0.25, 0.3) is 0 Å². The van der Waals surface area contributed by atoms with E-state index in [0.717, 1.165) is 10.6 Å². The number of carbonyl (C=O) groups excluding carboxylic acids is 1. The summed E-state index contributed by atoms with van der Waals surface area (Å²) in [6, 6.07) is 13.2. The maximum Gasteiger partial charge on any atom is 0.225 e. The van der Waals surface area contributed by atoms with Crippen molar-refractivity contribution in [2.75, 3.05) is 11.1 Å². The quantitative estimate of drug-likeness (QED) is 0.818. The van der Waals surface area contributed by atoms with Gasteiger partial charge in [0, 0.05) is 27.8 Å². The topological polar surface area (TPSA) is 29.1 Å². The minimum atomic E-state index is -0.255. The molecule has 104 valence electrons. The standard InChI is InChI=1S/C15H13ClFNOS/c16-11-1-5-13(6-2-11)18-15(19)9-10-20-14-7-3-12(17)4-8-14/h1-8H,9-10H2,(H,18,19). The molecule has 0 bridgehead atoms. The van der Waals surface area contributed by atoms with Gasteiger partial charge >= 0.3 is 0 Å². The normalized spacial score (nSPS) is 10.3. The summed E-state index contributed by atoms with van der Waals surface area (Å²) >= 11 is 7.29. The molecule has 0 unspecified atom stereocenters. The van der Waals surface area contributed by atoms with Crippen LogP contribution >= 0.6 is 23.4 Å². The summed E-state index contributed by atoms with van der Waals surface area (Å²) in [5.74, 6) is 0.335. The Kier molecular flexibility index (Phi) is 5.44. The van der Waals surface area contributed by atoms with Crippen LogP contribution in [0, 0.1) is 5.82 Å². The molecular formula is C15H13ClFNOS. The molecule has 20 heavy (non-hydrogen) atoms. The summed E-state index contributed by atoms with van der Waals surface area (Å²) in [5, 5.41) is 3.43. The number of benzene rings is 2. The summed E-state index contributed by atoms with van der Waals surface area (Å²) in [4.78, 5) is 12.7. The third kappa shape index (κ3) is 4.87. The number of anilines is 1. The zero-order valence-electron chi connectivity index (χ0n) is 10.6. The lowest BCUT2D eigenvalue weighted by molar-refractivity contribution is -0.115. The molecule has 2 nitrogen and oxygen atoms in total. The van der Waals surface area contributed by atoms with Gasteiger partial charge in [-0.1, -0.05) is 11.6 Å². The van der Waals surface area contributed by atoms with Gasteiger partial charge in [0.05, 0.1) is 0 Å². The van der Waals surface area contributed by atoms with Gasteiger partial charge in [-0.15, -0.1) is 11.8 Å². The lowest BCUT2D eigenvalue weighted by atomic mass is 10.3. The van der Waals surface area contributed by atoms with Crippen molar-refractivity contribution in [3.05, 3.63) is 59.4 Å². The highest BCUT2D eigenvalue weighted by molar-refractivity contribution is 7.99. The van der Waals surface area contributed by atoms with Crippen molar-refractivity contribution >= 4 is 35.0 Å². The zero-order valence-corrected chi connectivity index (χ0v) is 12.2. The molecule has 0 aliphatic carbocycles. The Labute approximate surface area is 126 Å². The predicted molar refractivity (Wildman–Crippen MR) is 81.8 cm³/mol. The first-order valence-electron chi connectivity index (χ1n) is 6.07. The Morgan fingerprint density at radius 2 is 1.75 bits per heavy atom. The van der Waals surface area contributed by atoms with Crippen molar-refractivity contribution in [3.8, 4) is 0 Å². The van der Waals surface area contributed by atoms with E-state index >= 15 is 0 Å². The van der Waals surface area contributed by atoms with Crippen molar-refractivity contribution in [2.24, 2.45) is 0 Å². The minimum absolute atomic E-state index is 0.0538. The lowest BCUT2D eigenvalue weighted by Gasteiger charge is -2.05. The van der Waals surface area contributed by atoms with Gasteiger partial charge in [-0.3, -0.25) is 4.79 Å². The molecule has 0 atom stereocenters. The molecule has 0 radical (unpaired) electrons. The summed E-state index contributed by atoms with van der Waals surface area (Å²) < 4.78 is 12.7. The van der Waals surface area contributed by atoms with Crippen LogP contribution in [0.25, 0.3) is 0 Å². The van der Waals surface area contributed by atoms with Crippen LogP contribution < -0.4 is 5.32 Å². The van der Waals surface area contributed by atoms with E-state index in [-0.39, 0.29) is 11.7 Å². The molecule has 0 saturated heterocycles. The van der Waals surface area contributed by atoms with Crippen molar-refractivity contribution in [2.45, 2.75) is 11.3 Å². The second kappa shape index (κ2) is 7.31. The van der Waals surface area contributed by atoms with Crippen LogP contribution in [0.3, 0.4) is 0 Å². The Morgan fingerprint density at radius 1 is 1.10 bits per heavy atom. The second-order valence-electron chi connectivity index (χ2n) is 4.11. The Morgan fingerprint density at radius 3 is 2.40 bits per heavy atom. The number of amides is 1. The molecular weight excluding hydrogens is 297 g/mol. The second-order valence-corrected chi connectivity index (χ2v) is 5.71. The van der Waals surface area contributed by atoms with Gasteiger partial charge in [-0.25, -0.2) is 4.39 Å². The Bertz CT molecular complexity index is 571. The fourth-order valence-corrected chi connectivity index (χ4v) is 2.53. The van der Waals surface area contributed by atoms with Crippen LogP contribution in [0.5, 0.6) is 0 Å². The molecule has 0 spiro atoms. The van der Waals surface area contributed by atoms with Gasteiger partial charge in [0.15, 0.2) is 0 Å². The van der Waals surface area contributed by atoms with Gasteiger partial charge in [-0.05, 0) is 48.5 Å². The number of nitrogens with one attached hydrogen (secondary N) is 1. The molecule has 0 heterocycles. The Hall–Kier alpha value is -1.52. The maximum atomic E-state index is 12.7. The molecule has 0 aliphatic rings. The van der Waals surface area contributed by atoms with E-state index in [4.69, 9.17) is 11.6 Å². The highest BCUT2D eigenvalue weighted by Gasteiger charge is 2.03. The molecule has 1 amide bonds. The third-order valence-corrected chi connectivity index (χ3v) is 3.81. The van der Waals surface area contributed by atoms with Crippen LogP contribution in [0.4, 0.5) is 10.1 Å². The fraction of sp³-hybridized carbons (Fsp3) is 0.133. The van der Waals surface area contributed by atoms with E-state index in [1.807, 2.05) is 0 Å². The average Bonchev–Trinajstić information content (AvgIpc) is 2.44. The van der Waals surface area contributed by atoms with Crippen LogP contribution in [0.1, 0.15) is 6.42 Å². The van der Waals surface area contributed by atoms with Gasteiger partial charge < -0.3 is 5.32 Å². The highest BCUT2D eigenvalue weighted by atomic mass is 35.5. The Balaban J connectivity index is 1.75. The van der Waals surface area contributed by atoms with Crippen LogP contribution in [0.2, 0.25) is 5.02 Å². The number of hydrogen-bond donors (Lipinski definition) is 1. The first-order valence-corrected chi connectivity index (χ1v) is 7.43. The number of hydrogen-bond acceptors (Lipinski definition) is 2. The predicted octanol–water partition coefficient (Wildman–Crippen LogP) is 4.60. The van der Waals surface area contributed by atoms with Gasteiger partial charge in [0.1, 0.15) is 5.82 Å². The maximum absolute atomic E-state index is 12.7. The zero-order chi connectivity index (χ0) is 14.4. The molecule has 2 rings (SSSR count). The van der Waals surface area contributed by atoms with E-state index in [0.29, 0.717) is 17.2 Å². The first kappa shape index (κ1) is 14.9. The molecule has 2 aromatic carbocycles. The van der Waals surface area contributed by atoms with E-state index in [2.05, 4.69) is 5.32 Å². The minimum Gasteiger partial charge on any atom is -0.326 e. The number of carbonyl (C=O) groups is 1. The van der Waals surface area contributed by atoms with Gasteiger partial charge in [-0.2, -0.15) is 0 Å². The van der Waals surface area contributed by atoms with E-state index < -0.39 is 0 Å². The van der Waals surface area contributed by atoms with E-state index in [1.165, 1.54) is 23.9 Å². The number of thioether (sulfide) groups is 1. The highest BCUT2D eigenvalue weighted by Crippen LogP contribution is 2.19. The monoisotopic (exact) mass is 309 g/mol. The summed E-state index contributed by atoms with van der Waals surface area (Å²) in [6.45, 7) is 0. The molecule has 0 aliphatic heterocycles. The summed E-state index contributed by atoms with van der Waals surface area (Å²) in [7, 11) is 0. The molecule has 0 saturated carbocycles. The summed E-state index contributed by atoms with van der Waals surface area (Å²) in [6.07, 6.45) is 0.394. The van der Waals surface area contributed by atoms with Crippen molar-refractivity contribution < 1.29 is 9.18 Å². The van der Waals surface area contributed by atoms with Gasteiger partial charge in [0.2, 0.25) is 5.91 Å². The van der Waals surface area contributed by atoms with Crippen molar-refractivity contribution in [3.63, 3.8) is 0 Å². The molecule has 0 fully saturated rings. The molecule has 1 N–H and O–H groups in total. The first-order chi connectivity index (χ1) is 9.63. The van der Waals surface area contributed by atoms with Crippen LogP contribution in [-0.4, -0.2) is 11.7 Å². The van der Waals surface area contributed by atoms with E-state index in [9.17, 15) is 9.18 Å². The molecule has 5 heteroatoms. The number of rotatable bonds is 5. The van der Waals surface area contributed by atoms with Crippen molar-refractivity contribution in [1.82, 2.24) is 0 Å². The summed E-state index contributed by atoms with van der Waals surface area (Å²) in [5.41, 5.74) is 0.728. The van der Waals surface area contributed by atoms with Crippen LogP contribution in [0.15, 0.2) is 53.4 Å². The average molecular weight is 310 g/mol.